The number of hydrogen-bond donors (Lipinski definition) is 1. The van der Waals surface area contributed by atoms with Gasteiger partial charge in [-0.25, -0.2) is 0 Å². The van der Waals surface area contributed by atoms with Crippen molar-refractivity contribution >= 4 is 17.2 Å². The van der Waals surface area contributed by atoms with E-state index in [4.69, 9.17) is 4.74 Å². The maximum absolute atomic E-state index is 12.9. The Morgan fingerprint density at radius 3 is 2.86 bits per heavy atom. The number of thiophene rings is 1. The minimum Gasteiger partial charge on any atom is -0.377 e. The minimum absolute atomic E-state index is 0.0117. The van der Waals surface area contributed by atoms with Crippen LogP contribution in [0.3, 0.4) is 0 Å². The van der Waals surface area contributed by atoms with E-state index in [1.165, 1.54) is 5.56 Å². The molecule has 2 aliphatic rings. The summed E-state index contributed by atoms with van der Waals surface area (Å²) in [5.74, 6) is 0.267. The van der Waals surface area contributed by atoms with Crippen LogP contribution in [0.25, 0.3) is 0 Å². The van der Waals surface area contributed by atoms with E-state index in [-0.39, 0.29) is 23.7 Å². The van der Waals surface area contributed by atoms with E-state index >= 15 is 0 Å². The first-order valence-corrected chi connectivity index (χ1v) is 8.79. The van der Waals surface area contributed by atoms with Crippen molar-refractivity contribution in [2.75, 3.05) is 13.2 Å². The molecule has 1 aromatic heterocycles. The van der Waals surface area contributed by atoms with Crippen molar-refractivity contribution in [1.29, 1.82) is 0 Å². The van der Waals surface area contributed by atoms with Crippen LogP contribution < -0.4 is 5.32 Å². The lowest BCUT2D eigenvalue weighted by Gasteiger charge is -2.24. The number of nitrogens with zero attached hydrogens (tertiary/aromatic N) is 1. The summed E-state index contributed by atoms with van der Waals surface area (Å²) in [7, 11) is 0. The first kappa shape index (κ1) is 15.0. The molecular formula is C16H24N2O2S. The predicted molar refractivity (Wildman–Crippen MR) is 84.2 cm³/mol. The first-order chi connectivity index (χ1) is 10.1. The predicted octanol–water partition coefficient (Wildman–Crippen LogP) is 2.92. The van der Waals surface area contributed by atoms with Gasteiger partial charge < -0.3 is 9.64 Å². The third-order valence-electron chi connectivity index (χ3n) is 4.49. The van der Waals surface area contributed by atoms with Gasteiger partial charge in [0.1, 0.15) is 6.17 Å². The van der Waals surface area contributed by atoms with Crippen LogP contribution in [0.2, 0.25) is 0 Å². The van der Waals surface area contributed by atoms with Crippen molar-refractivity contribution in [3.05, 3.63) is 22.4 Å². The van der Waals surface area contributed by atoms with Crippen LogP contribution in [0.4, 0.5) is 0 Å². The molecule has 0 bridgehead atoms. The summed E-state index contributed by atoms with van der Waals surface area (Å²) in [6, 6.07) is 2.11. The molecule has 1 N–H and O–H groups in total. The van der Waals surface area contributed by atoms with Crippen LogP contribution in [0.15, 0.2) is 16.8 Å². The van der Waals surface area contributed by atoms with Crippen molar-refractivity contribution in [2.24, 2.45) is 0 Å². The number of carbonyl (C=O) groups excluding carboxylic acids is 1. The zero-order valence-corrected chi connectivity index (χ0v) is 13.6. The van der Waals surface area contributed by atoms with Crippen LogP contribution in [-0.2, 0) is 9.53 Å². The normalized spacial score (nSPS) is 24.6. The molecule has 2 fully saturated rings. The smallest absolute Gasteiger partial charge is 0.244 e. The highest BCUT2D eigenvalue weighted by atomic mass is 32.1. The average Bonchev–Trinajstić information content (AvgIpc) is 3.15. The second kappa shape index (κ2) is 6.07. The molecule has 1 aliphatic heterocycles. The Bertz CT molecular complexity index is 480. The van der Waals surface area contributed by atoms with E-state index in [9.17, 15) is 4.79 Å². The van der Waals surface area contributed by atoms with E-state index in [0.29, 0.717) is 13.2 Å². The summed E-state index contributed by atoms with van der Waals surface area (Å²) in [5.41, 5.74) is 0.881. The lowest BCUT2D eigenvalue weighted by Crippen LogP contribution is -2.44. The monoisotopic (exact) mass is 308 g/mol. The fourth-order valence-electron chi connectivity index (χ4n) is 3.44. The molecule has 2 heterocycles. The van der Waals surface area contributed by atoms with E-state index in [0.717, 1.165) is 25.7 Å². The van der Waals surface area contributed by atoms with Crippen LogP contribution in [0.5, 0.6) is 0 Å². The maximum atomic E-state index is 12.9. The Labute approximate surface area is 130 Å². The molecule has 1 saturated heterocycles. The van der Waals surface area contributed by atoms with Gasteiger partial charge >= 0.3 is 0 Å². The minimum atomic E-state index is -0.315. The number of amides is 1. The van der Waals surface area contributed by atoms with Gasteiger partial charge in [0, 0.05) is 6.54 Å². The molecule has 1 atom stereocenters. The molecule has 0 aromatic carbocycles. The fourth-order valence-corrected chi connectivity index (χ4v) is 4.12. The van der Waals surface area contributed by atoms with E-state index in [1.54, 1.807) is 11.3 Å². The van der Waals surface area contributed by atoms with Crippen molar-refractivity contribution < 1.29 is 9.53 Å². The number of carbonyl (C=O) groups is 1. The van der Waals surface area contributed by atoms with E-state index < -0.39 is 0 Å². The molecule has 1 aliphatic carbocycles. The standard InChI is InChI=1S/C16H24N2O2S/c1-12(2)20-9-8-18-14(13-5-10-21-11-13)17-16(15(18)19)6-3-4-7-16/h5,10-12,14,17H,3-4,6-9H2,1-2H3. The Balaban J connectivity index is 1.77. The van der Waals surface area contributed by atoms with Crippen molar-refractivity contribution in [3.8, 4) is 0 Å². The van der Waals surface area contributed by atoms with E-state index in [1.807, 2.05) is 18.7 Å². The van der Waals surface area contributed by atoms with E-state index in [2.05, 4.69) is 22.1 Å². The van der Waals surface area contributed by atoms with Crippen molar-refractivity contribution in [2.45, 2.75) is 57.3 Å². The van der Waals surface area contributed by atoms with Gasteiger partial charge in [0.05, 0.1) is 18.2 Å². The van der Waals surface area contributed by atoms with Crippen molar-refractivity contribution in [1.82, 2.24) is 10.2 Å². The maximum Gasteiger partial charge on any atom is 0.244 e. The van der Waals surface area contributed by atoms with Gasteiger partial charge in [-0.15, -0.1) is 0 Å². The molecule has 3 rings (SSSR count). The van der Waals surface area contributed by atoms with Gasteiger partial charge in [-0.2, -0.15) is 11.3 Å². The molecule has 1 unspecified atom stereocenters. The highest BCUT2D eigenvalue weighted by Gasteiger charge is 2.52. The zero-order valence-electron chi connectivity index (χ0n) is 12.8. The third-order valence-corrected chi connectivity index (χ3v) is 5.20. The zero-order chi connectivity index (χ0) is 14.9. The summed E-state index contributed by atoms with van der Waals surface area (Å²) >= 11 is 1.68. The first-order valence-electron chi connectivity index (χ1n) is 7.85. The van der Waals surface area contributed by atoms with Gasteiger partial charge in [-0.1, -0.05) is 12.8 Å². The van der Waals surface area contributed by atoms with Crippen molar-refractivity contribution in [3.63, 3.8) is 0 Å². The summed E-state index contributed by atoms with van der Waals surface area (Å²) < 4.78 is 5.65. The van der Waals surface area contributed by atoms with Crippen LogP contribution in [0, 0.1) is 0 Å². The summed E-state index contributed by atoms with van der Waals surface area (Å²) in [6.07, 6.45) is 4.44. The molecule has 1 saturated carbocycles. The Kier molecular flexibility index (Phi) is 4.33. The third kappa shape index (κ3) is 2.87. The van der Waals surface area contributed by atoms with Gasteiger partial charge in [0.15, 0.2) is 0 Å². The molecule has 21 heavy (non-hydrogen) atoms. The Morgan fingerprint density at radius 1 is 1.48 bits per heavy atom. The molecule has 1 spiro atoms. The van der Waals surface area contributed by atoms with Crippen LogP contribution >= 0.6 is 11.3 Å². The fraction of sp³-hybridized carbons (Fsp3) is 0.688. The summed E-state index contributed by atoms with van der Waals surface area (Å²) in [5, 5.41) is 7.84. The quantitative estimate of drug-likeness (QED) is 0.909. The average molecular weight is 308 g/mol. The Morgan fingerprint density at radius 2 is 2.24 bits per heavy atom. The highest BCUT2D eigenvalue weighted by molar-refractivity contribution is 7.07. The van der Waals surface area contributed by atoms with Crippen LogP contribution in [0.1, 0.15) is 51.3 Å². The summed E-state index contributed by atoms with van der Waals surface area (Å²) in [6.45, 7) is 5.31. The molecule has 1 amide bonds. The number of rotatable bonds is 5. The SMILES string of the molecule is CC(C)OCCN1C(=O)C2(CCCC2)NC1c1ccsc1. The van der Waals surface area contributed by atoms with Gasteiger partial charge in [-0.05, 0) is 49.1 Å². The topological polar surface area (TPSA) is 41.6 Å². The molecule has 0 radical (unpaired) electrons. The highest BCUT2D eigenvalue weighted by Crippen LogP contribution is 2.41. The largest absolute Gasteiger partial charge is 0.377 e. The lowest BCUT2D eigenvalue weighted by molar-refractivity contribution is -0.134. The molecule has 4 nitrogen and oxygen atoms in total. The van der Waals surface area contributed by atoms with Crippen LogP contribution in [-0.4, -0.2) is 35.6 Å². The second-order valence-corrected chi connectivity index (χ2v) is 7.09. The molecule has 1 aromatic rings. The number of ether oxygens (including phenoxy) is 1. The number of hydrogen-bond acceptors (Lipinski definition) is 4. The van der Waals surface area contributed by atoms with Gasteiger partial charge in [0.25, 0.3) is 0 Å². The second-order valence-electron chi connectivity index (χ2n) is 6.31. The molecule has 5 heteroatoms. The molecule has 116 valence electrons. The number of nitrogens with one attached hydrogen (secondary N) is 1. The molecular weight excluding hydrogens is 284 g/mol. The van der Waals surface area contributed by atoms with Gasteiger partial charge in [-0.3, -0.25) is 10.1 Å². The summed E-state index contributed by atoms with van der Waals surface area (Å²) in [4.78, 5) is 14.9. The lowest BCUT2D eigenvalue weighted by atomic mass is 9.98. The van der Waals surface area contributed by atoms with Gasteiger partial charge in [0.2, 0.25) is 5.91 Å². The Hall–Kier alpha value is -0.910.